The molecule has 3 N–H and O–H groups in total. The summed E-state index contributed by atoms with van der Waals surface area (Å²) in [7, 11) is 1.81. The lowest BCUT2D eigenvalue weighted by Crippen LogP contribution is -2.55. The van der Waals surface area contributed by atoms with Crippen LogP contribution in [0.5, 0.6) is 0 Å². The van der Waals surface area contributed by atoms with Crippen molar-refractivity contribution in [3.05, 3.63) is 41.5 Å². The molecule has 0 saturated heterocycles. The highest BCUT2D eigenvalue weighted by atomic mass is 16.2. The molecule has 0 atom stereocenters. The second kappa shape index (κ2) is 6.78. The molecule has 146 valence electrons. The van der Waals surface area contributed by atoms with Gasteiger partial charge in [-0.25, -0.2) is 4.98 Å². The highest BCUT2D eigenvalue weighted by Crippen LogP contribution is 2.32. The van der Waals surface area contributed by atoms with E-state index in [9.17, 15) is 9.59 Å². The fourth-order valence-corrected chi connectivity index (χ4v) is 4.03. The van der Waals surface area contributed by atoms with Crippen LogP contribution in [0.15, 0.2) is 24.5 Å². The number of aryl methyl sites for hydroxylation is 2. The van der Waals surface area contributed by atoms with Crippen molar-refractivity contribution in [2.45, 2.75) is 45.1 Å². The number of hydrogen-bond donors (Lipinski definition) is 3. The highest BCUT2D eigenvalue weighted by molar-refractivity contribution is 6.05. The fraction of sp³-hybridized carbons (Fsp3) is 0.400. The van der Waals surface area contributed by atoms with Crippen LogP contribution in [0.3, 0.4) is 0 Å². The van der Waals surface area contributed by atoms with Gasteiger partial charge in [-0.3, -0.25) is 14.3 Å². The number of fused-ring (bicyclic) bond motifs is 1. The van der Waals surface area contributed by atoms with E-state index in [1.165, 1.54) is 0 Å². The van der Waals surface area contributed by atoms with Crippen LogP contribution in [0.4, 0.5) is 5.69 Å². The predicted octanol–water partition coefficient (Wildman–Crippen LogP) is 2.59. The molecule has 1 fully saturated rings. The van der Waals surface area contributed by atoms with E-state index in [4.69, 9.17) is 0 Å². The number of anilines is 1. The summed E-state index contributed by atoms with van der Waals surface area (Å²) in [5, 5.41) is 10.3. The van der Waals surface area contributed by atoms with Crippen molar-refractivity contribution in [1.29, 1.82) is 0 Å². The molecule has 0 bridgehead atoms. The van der Waals surface area contributed by atoms with Crippen LogP contribution in [0.1, 0.15) is 47.4 Å². The average Bonchev–Trinajstić information content (AvgIpc) is 3.35. The maximum atomic E-state index is 13.2. The van der Waals surface area contributed by atoms with Gasteiger partial charge in [0.05, 0.1) is 28.6 Å². The van der Waals surface area contributed by atoms with Crippen LogP contribution >= 0.6 is 0 Å². The van der Waals surface area contributed by atoms with Gasteiger partial charge in [0.1, 0.15) is 5.54 Å². The first-order valence-corrected chi connectivity index (χ1v) is 9.47. The molecule has 1 aliphatic carbocycles. The summed E-state index contributed by atoms with van der Waals surface area (Å²) in [6.07, 6.45) is 4.66. The molecule has 1 aromatic carbocycles. The Hall–Kier alpha value is -3.16. The van der Waals surface area contributed by atoms with Crippen molar-refractivity contribution in [1.82, 2.24) is 25.1 Å². The number of hydrogen-bond acceptors (Lipinski definition) is 4. The Morgan fingerprint density at radius 2 is 1.96 bits per heavy atom. The number of amides is 2. The Kier molecular flexibility index (Phi) is 4.41. The van der Waals surface area contributed by atoms with Crippen LogP contribution in [-0.4, -0.2) is 37.1 Å². The Morgan fingerprint density at radius 3 is 2.64 bits per heavy atom. The highest BCUT2D eigenvalue weighted by Gasteiger charge is 2.43. The molecule has 0 radical (unpaired) electrons. The Balaban J connectivity index is 1.58. The zero-order valence-corrected chi connectivity index (χ0v) is 16.3. The van der Waals surface area contributed by atoms with E-state index in [-0.39, 0.29) is 11.8 Å². The monoisotopic (exact) mass is 380 g/mol. The number of carbonyl (C=O) groups excluding carboxylic acids is 2. The topological polar surface area (TPSA) is 105 Å². The molecule has 1 saturated carbocycles. The van der Waals surface area contributed by atoms with Gasteiger partial charge in [0, 0.05) is 18.4 Å². The standard InChI is InChI=1S/C20H24N6O2/c1-12-17(13(2)26(3)25-12)18(27)24-20(8-4-5-9-20)19(28)23-14-6-7-15-16(10-14)22-11-21-15/h6-7,10-11H,4-5,8-9H2,1-3H3,(H,21,22)(H,23,28)(H,24,27). The largest absolute Gasteiger partial charge is 0.345 e. The van der Waals surface area contributed by atoms with E-state index in [1.807, 2.05) is 39.1 Å². The van der Waals surface area contributed by atoms with Crippen LogP contribution in [-0.2, 0) is 11.8 Å². The fourth-order valence-electron chi connectivity index (χ4n) is 4.03. The number of carbonyl (C=O) groups is 2. The second-order valence-electron chi connectivity index (χ2n) is 7.50. The van der Waals surface area contributed by atoms with Crippen LogP contribution < -0.4 is 10.6 Å². The van der Waals surface area contributed by atoms with Gasteiger partial charge in [-0.2, -0.15) is 5.10 Å². The number of aromatic amines is 1. The summed E-state index contributed by atoms with van der Waals surface area (Å²) in [6.45, 7) is 3.67. The lowest BCUT2D eigenvalue weighted by atomic mass is 9.95. The van der Waals surface area contributed by atoms with Gasteiger partial charge in [-0.15, -0.1) is 0 Å². The maximum Gasteiger partial charge on any atom is 0.255 e. The van der Waals surface area contributed by atoms with Gasteiger partial charge in [-0.1, -0.05) is 12.8 Å². The number of rotatable bonds is 4. The van der Waals surface area contributed by atoms with Gasteiger partial charge in [0.2, 0.25) is 5.91 Å². The van der Waals surface area contributed by atoms with Crippen molar-refractivity contribution < 1.29 is 9.59 Å². The van der Waals surface area contributed by atoms with Crippen LogP contribution in [0, 0.1) is 13.8 Å². The quantitative estimate of drug-likeness (QED) is 0.647. The molecule has 4 rings (SSSR count). The Labute approximate surface area is 162 Å². The van der Waals surface area contributed by atoms with Crippen molar-refractivity contribution in [3.8, 4) is 0 Å². The Morgan fingerprint density at radius 1 is 1.21 bits per heavy atom. The van der Waals surface area contributed by atoms with Gasteiger partial charge >= 0.3 is 0 Å². The number of imidazole rings is 1. The van der Waals surface area contributed by atoms with E-state index in [0.29, 0.717) is 29.8 Å². The summed E-state index contributed by atoms with van der Waals surface area (Å²) >= 11 is 0. The minimum absolute atomic E-state index is 0.184. The zero-order valence-electron chi connectivity index (χ0n) is 16.3. The number of nitrogens with one attached hydrogen (secondary N) is 3. The third-order valence-corrected chi connectivity index (χ3v) is 5.66. The number of aromatic nitrogens is 4. The first-order chi connectivity index (χ1) is 13.4. The normalized spacial score (nSPS) is 15.7. The van der Waals surface area contributed by atoms with E-state index < -0.39 is 5.54 Å². The van der Waals surface area contributed by atoms with Crippen molar-refractivity contribution in [2.75, 3.05) is 5.32 Å². The maximum absolute atomic E-state index is 13.2. The van der Waals surface area contributed by atoms with Crippen LogP contribution in [0.2, 0.25) is 0 Å². The summed E-state index contributed by atoms with van der Waals surface area (Å²) in [5.41, 5.74) is 3.45. The molecule has 0 aliphatic heterocycles. The summed E-state index contributed by atoms with van der Waals surface area (Å²) in [6, 6.07) is 5.52. The minimum atomic E-state index is -0.908. The lowest BCUT2D eigenvalue weighted by Gasteiger charge is -2.29. The van der Waals surface area contributed by atoms with E-state index in [1.54, 1.807) is 11.0 Å². The van der Waals surface area contributed by atoms with Gasteiger partial charge in [0.15, 0.2) is 0 Å². The average molecular weight is 380 g/mol. The Bertz CT molecular complexity index is 1060. The van der Waals surface area contributed by atoms with Gasteiger partial charge in [-0.05, 0) is 44.9 Å². The summed E-state index contributed by atoms with van der Waals surface area (Å²) < 4.78 is 1.69. The first kappa shape index (κ1) is 18.2. The molecule has 28 heavy (non-hydrogen) atoms. The third kappa shape index (κ3) is 3.04. The van der Waals surface area contributed by atoms with Crippen molar-refractivity contribution in [3.63, 3.8) is 0 Å². The lowest BCUT2D eigenvalue weighted by molar-refractivity contribution is -0.122. The molecule has 0 unspecified atom stereocenters. The van der Waals surface area contributed by atoms with Gasteiger partial charge in [0.25, 0.3) is 5.91 Å². The molecule has 2 heterocycles. The third-order valence-electron chi connectivity index (χ3n) is 5.66. The van der Waals surface area contributed by atoms with Gasteiger partial charge < -0.3 is 15.6 Å². The number of H-pyrrole nitrogens is 1. The molecule has 2 aromatic heterocycles. The summed E-state index contributed by atoms with van der Waals surface area (Å²) in [5.74, 6) is -0.430. The summed E-state index contributed by atoms with van der Waals surface area (Å²) in [4.78, 5) is 33.4. The molecular formula is C20H24N6O2. The molecule has 2 amide bonds. The van der Waals surface area contributed by atoms with Crippen molar-refractivity contribution in [2.24, 2.45) is 7.05 Å². The number of nitrogens with zero attached hydrogens (tertiary/aromatic N) is 3. The zero-order chi connectivity index (χ0) is 19.9. The molecule has 8 nitrogen and oxygen atoms in total. The molecule has 8 heteroatoms. The van der Waals surface area contributed by atoms with E-state index in [0.717, 1.165) is 29.6 Å². The molecule has 1 aliphatic rings. The molecule has 3 aromatic rings. The first-order valence-electron chi connectivity index (χ1n) is 9.47. The van der Waals surface area contributed by atoms with Crippen molar-refractivity contribution >= 4 is 28.5 Å². The van der Waals surface area contributed by atoms with E-state index in [2.05, 4.69) is 25.7 Å². The molecule has 0 spiro atoms. The SMILES string of the molecule is Cc1nn(C)c(C)c1C(=O)NC1(C(=O)Nc2ccc3nc[nH]c3c2)CCCC1. The van der Waals surface area contributed by atoms with E-state index >= 15 is 0 Å². The van der Waals surface area contributed by atoms with Crippen LogP contribution in [0.25, 0.3) is 11.0 Å². The smallest absolute Gasteiger partial charge is 0.255 e. The second-order valence-corrected chi connectivity index (χ2v) is 7.50. The predicted molar refractivity (Wildman–Crippen MR) is 106 cm³/mol. The number of benzene rings is 1. The minimum Gasteiger partial charge on any atom is -0.345 e. The molecular weight excluding hydrogens is 356 g/mol.